The third kappa shape index (κ3) is 2.52. The van der Waals surface area contributed by atoms with E-state index in [4.69, 9.17) is 0 Å². The van der Waals surface area contributed by atoms with Gasteiger partial charge in [-0.1, -0.05) is 19.9 Å². The lowest BCUT2D eigenvalue weighted by Gasteiger charge is -2.12. The Bertz CT molecular complexity index is 497. The number of hydrogen-bond acceptors (Lipinski definition) is 1. The first-order valence-corrected chi connectivity index (χ1v) is 6.38. The first-order valence-electron chi connectivity index (χ1n) is 6.38. The maximum atomic E-state index is 3.28. The highest BCUT2D eigenvalue weighted by atomic mass is 15.0. The number of hydrogen-bond donors (Lipinski definition) is 1. The average molecular weight is 230 g/mol. The molecule has 2 aromatic rings. The van der Waals surface area contributed by atoms with Crippen molar-refractivity contribution in [3.63, 3.8) is 0 Å². The van der Waals surface area contributed by atoms with Crippen LogP contribution in [0.25, 0.3) is 10.9 Å². The standard InChI is InChI=1S/C15H22N2/c1-11(2)10-17-8-7-14-9-13(12(3)16-4)5-6-15(14)17/h5-9,11-12,16H,10H2,1-4H3. The molecule has 1 heterocycles. The third-order valence-electron chi connectivity index (χ3n) is 3.29. The van der Waals surface area contributed by atoms with Crippen molar-refractivity contribution < 1.29 is 0 Å². The Morgan fingerprint density at radius 2 is 1.94 bits per heavy atom. The molecule has 92 valence electrons. The van der Waals surface area contributed by atoms with E-state index in [1.165, 1.54) is 16.5 Å². The van der Waals surface area contributed by atoms with E-state index in [9.17, 15) is 0 Å². The van der Waals surface area contributed by atoms with Gasteiger partial charge >= 0.3 is 0 Å². The molecule has 1 aromatic heterocycles. The SMILES string of the molecule is CNC(C)c1ccc2c(ccn2CC(C)C)c1. The fraction of sp³-hybridized carbons (Fsp3) is 0.467. The predicted octanol–water partition coefficient (Wildman–Crippen LogP) is 3.58. The molecule has 1 atom stereocenters. The van der Waals surface area contributed by atoms with Crippen LogP contribution in [0.5, 0.6) is 0 Å². The van der Waals surface area contributed by atoms with Gasteiger partial charge in [-0.3, -0.25) is 0 Å². The van der Waals surface area contributed by atoms with Gasteiger partial charge in [-0.25, -0.2) is 0 Å². The zero-order valence-corrected chi connectivity index (χ0v) is 11.2. The normalized spacial score (nSPS) is 13.5. The number of benzene rings is 1. The molecule has 0 saturated carbocycles. The smallest absolute Gasteiger partial charge is 0.0480 e. The molecule has 0 saturated heterocycles. The molecule has 0 bridgehead atoms. The molecule has 1 unspecified atom stereocenters. The second kappa shape index (κ2) is 4.92. The van der Waals surface area contributed by atoms with Gasteiger partial charge in [0, 0.05) is 24.3 Å². The molecule has 1 aromatic carbocycles. The molecule has 0 fully saturated rings. The lowest BCUT2D eigenvalue weighted by atomic mass is 10.1. The Labute approximate surface area is 104 Å². The molecule has 2 rings (SSSR count). The highest BCUT2D eigenvalue weighted by molar-refractivity contribution is 5.81. The van der Waals surface area contributed by atoms with Crippen molar-refractivity contribution in [2.45, 2.75) is 33.4 Å². The summed E-state index contributed by atoms with van der Waals surface area (Å²) >= 11 is 0. The molecule has 0 aliphatic carbocycles. The summed E-state index contributed by atoms with van der Waals surface area (Å²) in [4.78, 5) is 0. The summed E-state index contributed by atoms with van der Waals surface area (Å²) < 4.78 is 2.34. The third-order valence-corrected chi connectivity index (χ3v) is 3.29. The Morgan fingerprint density at radius 3 is 2.59 bits per heavy atom. The molecular weight excluding hydrogens is 208 g/mol. The Kier molecular flexibility index (Phi) is 3.53. The number of fused-ring (bicyclic) bond motifs is 1. The second-order valence-electron chi connectivity index (χ2n) is 5.19. The van der Waals surface area contributed by atoms with Crippen LogP contribution in [0.15, 0.2) is 30.5 Å². The van der Waals surface area contributed by atoms with Crippen molar-refractivity contribution >= 4 is 10.9 Å². The van der Waals surface area contributed by atoms with E-state index in [1.807, 2.05) is 7.05 Å². The van der Waals surface area contributed by atoms with Crippen molar-refractivity contribution in [3.05, 3.63) is 36.0 Å². The largest absolute Gasteiger partial charge is 0.347 e. The van der Waals surface area contributed by atoms with Crippen LogP contribution >= 0.6 is 0 Å². The van der Waals surface area contributed by atoms with Gasteiger partial charge in [-0.2, -0.15) is 0 Å². The van der Waals surface area contributed by atoms with Gasteiger partial charge in [0.25, 0.3) is 0 Å². The van der Waals surface area contributed by atoms with E-state index >= 15 is 0 Å². The summed E-state index contributed by atoms with van der Waals surface area (Å²) in [6, 6.07) is 9.37. The predicted molar refractivity (Wildman–Crippen MR) is 74.3 cm³/mol. The summed E-state index contributed by atoms with van der Waals surface area (Å²) in [5.41, 5.74) is 2.69. The van der Waals surface area contributed by atoms with Gasteiger partial charge in [-0.15, -0.1) is 0 Å². The van der Waals surface area contributed by atoms with E-state index in [2.05, 4.69) is 61.1 Å². The zero-order valence-electron chi connectivity index (χ0n) is 11.2. The van der Waals surface area contributed by atoms with E-state index in [-0.39, 0.29) is 0 Å². The summed E-state index contributed by atoms with van der Waals surface area (Å²) in [7, 11) is 2.00. The van der Waals surface area contributed by atoms with Crippen molar-refractivity contribution in [2.24, 2.45) is 5.92 Å². The molecule has 0 aliphatic rings. The van der Waals surface area contributed by atoms with Crippen LogP contribution in [0.2, 0.25) is 0 Å². The lowest BCUT2D eigenvalue weighted by molar-refractivity contribution is 0.535. The fourth-order valence-corrected chi connectivity index (χ4v) is 2.21. The fourth-order valence-electron chi connectivity index (χ4n) is 2.21. The van der Waals surface area contributed by atoms with Gasteiger partial charge in [0.15, 0.2) is 0 Å². The Morgan fingerprint density at radius 1 is 1.18 bits per heavy atom. The first kappa shape index (κ1) is 12.2. The van der Waals surface area contributed by atoms with Crippen LogP contribution in [-0.4, -0.2) is 11.6 Å². The molecule has 17 heavy (non-hydrogen) atoms. The van der Waals surface area contributed by atoms with Gasteiger partial charge in [0.1, 0.15) is 0 Å². The molecular formula is C15H22N2. The lowest BCUT2D eigenvalue weighted by Crippen LogP contribution is -2.12. The quantitative estimate of drug-likeness (QED) is 0.849. The van der Waals surface area contributed by atoms with Crippen molar-refractivity contribution in [2.75, 3.05) is 7.05 Å². The van der Waals surface area contributed by atoms with Crippen molar-refractivity contribution in [1.82, 2.24) is 9.88 Å². The molecule has 0 radical (unpaired) electrons. The minimum Gasteiger partial charge on any atom is -0.347 e. The zero-order chi connectivity index (χ0) is 12.4. The number of nitrogens with one attached hydrogen (secondary N) is 1. The van der Waals surface area contributed by atoms with E-state index in [1.54, 1.807) is 0 Å². The number of rotatable bonds is 4. The van der Waals surface area contributed by atoms with Gasteiger partial charge in [-0.05, 0) is 49.0 Å². The van der Waals surface area contributed by atoms with Crippen molar-refractivity contribution in [1.29, 1.82) is 0 Å². The minimum atomic E-state index is 0.410. The summed E-state index contributed by atoms with van der Waals surface area (Å²) in [6.45, 7) is 7.78. The van der Waals surface area contributed by atoms with Crippen LogP contribution in [0.1, 0.15) is 32.4 Å². The summed E-state index contributed by atoms with van der Waals surface area (Å²) in [5, 5.41) is 4.62. The van der Waals surface area contributed by atoms with Crippen LogP contribution in [0, 0.1) is 5.92 Å². The summed E-state index contributed by atoms with van der Waals surface area (Å²) in [5.74, 6) is 0.682. The topological polar surface area (TPSA) is 17.0 Å². The first-order chi connectivity index (χ1) is 8.11. The Balaban J connectivity index is 2.37. The van der Waals surface area contributed by atoms with Gasteiger partial charge < -0.3 is 9.88 Å². The molecule has 0 aliphatic heterocycles. The van der Waals surface area contributed by atoms with E-state index < -0.39 is 0 Å². The maximum absolute atomic E-state index is 3.28. The van der Waals surface area contributed by atoms with E-state index in [0.29, 0.717) is 12.0 Å². The highest BCUT2D eigenvalue weighted by Crippen LogP contribution is 2.22. The monoisotopic (exact) mass is 230 g/mol. The molecule has 0 spiro atoms. The number of aromatic nitrogens is 1. The van der Waals surface area contributed by atoms with Crippen LogP contribution in [0.4, 0.5) is 0 Å². The molecule has 2 heteroatoms. The Hall–Kier alpha value is -1.28. The van der Waals surface area contributed by atoms with E-state index in [0.717, 1.165) is 6.54 Å². The molecule has 2 nitrogen and oxygen atoms in total. The second-order valence-corrected chi connectivity index (χ2v) is 5.19. The summed E-state index contributed by atoms with van der Waals surface area (Å²) in [6.07, 6.45) is 2.19. The van der Waals surface area contributed by atoms with Crippen LogP contribution in [-0.2, 0) is 6.54 Å². The minimum absolute atomic E-state index is 0.410. The molecule has 0 amide bonds. The average Bonchev–Trinajstić information content (AvgIpc) is 2.70. The maximum Gasteiger partial charge on any atom is 0.0480 e. The van der Waals surface area contributed by atoms with Gasteiger partial charge in [0.2, 0.25) is 0 Å². The van der Waals surface area contributed by atoms with Crippen molar-refractivity contribution in [3.8, 4) is 0 Å². The molecule has 1 N–H and O–H groups in total. The number of nitrogens with zero attached hydrogens (tertiary/aromatic N) is 1. The highest BCUT2D eigenvalue weighted by Gasteiger charge is 2.06. The van der Waals surface area contributed by atoms with Gasteiger partial charge in [0.05, 0.1) is 0 Å². The van der Waals surface area contributed by atoms with Crippen LogP contribution in [0.3, 0.4) is 0 Å². The van der Waals surface area contributed by atoms with Crippen LogP contribution < -0.4 is 5.32 Å².